The molecular weight excluding hydrogens is 304 g/mol. The van der Waals surface area contributed by atoms with Crippen molar-refractivity contribution in [3.05, 3.63) is 59.7 Å². The molecule has 0 spiro atoms. The smallest absolute Gasteiger partial charge is 0.277 e. The van der Waals surface area contributed by atoms with Gasteiger partial charge in [0.15, 0.2) is 6.61 Å². The summed E-state index contributed by atoms with van der Waals surface area (Å²) < 4.78 is 5.44. The molecule has 2 aromatic carbocycles. The molecule has 1 atom stereocenters. The Hall–Kier alpha value is -2.82. The van der Waals surface area contributed by atoms with E-state index >= 15 is 0 Å². The largest absolute Gasteiger partial charge is 0.508 e. The lowest BCUT2D eigenvalue weighted by atomic mass is 9.99. The molecule has 1 unspecified atom stereocenters. The molecular formula is C19H22N2O3. The van der Waals surface area contributed by atoms with Gasteiger partial charge in [-0.25, -0.2) is 5.43 Å². The van der Waals surface area contributed by atoms with Crippen molar-refractivity contribution >= 4 is 12.1 Å². The van der Waals surface area contributed by atoms with Crippen molar-refractivity contribution < 1.29 is 14.6 Å². The van der Waals surface area contributed by atoms with Crippen LogP contribution in [0.4, 0.5) is 0 Å². The van der Waals surface area contributed by atoms with Crippen LogP contribution in [0.5, 0.6) is 11.5 Å². The van der Waals surface area contributed by atoms with E-state index in [9.17, 15) is 9.90 Å². The number of carbonyl (C=O) groups is 1. The van der Waals surface area contributed by atoms with Gasteiger partial charge in [-0.05, 0) is 59.9 Å². The first-order valence-electron chi connectivity index (χ1n) is 7.92. The molecule has 2 aromatic rings. The van der Waals surface area contributed by atoms with Crippen LogP contribution < -0.4 is 10.2 Å². The van der Waals surface area contributed by atoms with Crippen molar-refractivity contribution in [2.24, 2.45) is 5.10 Å². The van der Waals surface area contributed by atoms with Crippen molar-refractivity contribution in [3.8, 4) is 11.5 Å². The summed E-state index contributed by atoms with van der Waals surface area (Å²) in [7, 11) is 0. The van der Waals surface area contributed by atoms with Crippen molar-refractivity contribution in [3.63, 3.8) is 0 Å². The quantitative estimate of drug-likeness (QED) is 0.605. The van der Waals surface area contributed by atoms with Gasteiger partial charge in [-0.2, -0.15) is 5.10 Å². The van der Waals surface area contributed by atoms with Gasteiger partial charge < -0.3 is 9.84 Å². The molecule has 126 valence electrons. The maximum Gasteiger partial charge on any atom is 0.277 e. The number of phenolic OH excluding ortho intramolecular Hbond substituents is 1. The molecule has 0 fully saturated rings. The Kier molecular flexibility index (Phi) is 6.37. The summed E-state index contributed by atoms with van der Waals surface area (Å²) in [5, 5.41) is 13.0. The zero-order valence-electron chi connectivity index (χ0n) is 13.9. The van der Waals surface area contributed by atoms with Crippen LogP contribution in [0, 0.1) is 0 Å². The number of hydrazone groups is 1. The number of hydrogen-bond acceptors (Lipinski definition) is 4. The second kappa shape index (κ2) is 8.72. The first kappa shape index (κ1) is 17.5. The van der Waals surface area contributed by atoms with Crippen molar-refractivity contribution in [2.45, 2.75) is 26.2 Å². The number of aromatic hydroxyl groups is 1. The van der Waals surface area contributed by atoms with Crippen LogP contribution in [-0.2, 0) is 4.79 Å². The molecule has 0 saturated heterocycles. The second-order valence-electron chi connectivity index (χ2n) is 5.55. The highest BCUT2D eigenvalue weighted by molar-refractivity contribution is 5.83. The summed E-state index contributed by atoms with van der Waals surface area (Å²) in [6, 6.07) is 14.3. The minimum Gasteiger partial charge on any atom is -0.508 e. The highest BCUT2D eigenvalue weighted by atomic mass is 16.5. The zero-order valence-corrected chi connectivity index (χ0v) is 13.9. The van der Waals surface area contributed by atoms with E-state index in [1.54, 1.807) is 24.3 Å². The number of ether oxygens (including phenoxy) is 1. The SMILES string of the molecule is CCC(C)c1ccc(OCC(=O)NN=Cc2ccc(O)cc2)cc1. The van der Waals surface area contributed by atoms with Crippen LogP contribution in [0.25, 0.3) is 0 Å². The van der Waals surface area contributed by atoms with E-state index in [1.807, 2.05) is 24.3 Å². The predicted octanol–water partition coefficient (Wildman–Crippen LogP) is 3.43. The number of phenols is 1. The Bertz CT molecular complexity index is 679. The molecule has 2 N–H and O–H groups in total. The Morgan fingerprint density at radius 2 is 1.88 bits per heavy atom. The lowest BCUT2D eigenvalue weighted by Crippen LogP contribution is -2.24. The predicted molar refractivity (Wildman–Crippen MR) is 94.5 cm³/mol. The van der Waals surface area contributed by atoms with Gasteiger partial charge in [-0.15, -0.1) is 0 Å². The van der Waals surface area contributed by atoms with Crippen LogP contribution in [0.15, 0.2) is 53.6 Å². The third-order valence-electron chi connectivity index (χ3n) is 3.73. The van der Waals surface area contributed by atoms with E-state index in [2.05, 4.69) is 24.4 Å². The zero-order chi connectivity index (χ0) is 17.4. The lowest BCUT2D eigenvalue weighted by Gasteiger charge is -2.10. The molecule has 0 aliphatic heterocycles. The number of benzene rings is 2. The van der Waals surface area contributed by atoms with Crippen LogP contribution in [0.3, 0.4) is 0 Å². The van der Waals surface area contributed by atoms with Crippen LogP contribution in [0.2, 0.25) is 0 Å². The van der Waals surface area contributed by atoms with Crippen LogP contribution in [0.1, 0.15) is 37.3 Å². The van der Waals surface area contributed by atoms with Gasteiger partial charge in [-0.1, -0.05) is 26.0 Å². The summed E-state index contributed by atoms with van der Waals surface area (Å²) >= 11 is 0. The fourth-order valence-electron chi connectivity index (χ4n) is 2.05. The molecule has 5 heteroatoms. The molecule has 0 radical (unpaired) electrons. The van der Waals surface area contributed by atoms with Gasteiger partial charge in [0.1, 0.15) is 11.5 Å². The van der Waals surface area contributed by atoms with Crippen LogP contribution >= 0.6 is 0 Å². The van der Waals surface area contributed by atoms with Gasteiger partial charge >= 0.3 is 0 Å². The summed E-state index contributed by atoms with van der Waals surface area (Å²) in [4.78, 5) is 11.7. The van der Waals surface area contributed by atoms with Gasteiger partial charge in [0.2, 0.25) is 0 Å². The maximum atomic E-state index is 11.7. The fraction of sp³-hybridized carbons (Fsp3) is 0.263. The average molecular weight is 326 g/mol. The molecule has 5 nitrogen and oxygen atoms in total. The Balaban J connectivity index is 1.77. The summed E-state index contributed by atoms with van der Waals surface area (Å²) in [6.45, 7) is 4.23. The monoisotopic (exact) mass is 326 g/mol. The molecule has 0 aliphatic rings. The van der Waals surface area contributed by atoms with E-state index in [-0.39, 0.29) is 18.3 Å². The number of nitrogens with one attached hydrogen (secondary N) is 1. The molecule has 1 amide bonds. The summed E-state index contributed by atoms with van der Waals surface area (Å²) in [6.07, 6.45) is 2.58. The minimum atomic E-state index is -0.337. The van der Waals surface area contributed by atoms with Crippen molar-refractivity contribution in [2.75, 3.05) is 6.61 Å². The van der Waals surface area contributed by atoms with Gasteiger partial charge in [0, 0.05) is 0 Å². The molecule has 0 bridgehead atoms. The van der Waals surface area contributed by atoms with Gasteiger partial charge in [0.25, 0.3) is 5.91 Å². The average Bonchev–Trinajstić information content (AvgIpc) is 2.61. The van der Waals surface area contributed by atoms with E-state index in [1.165, 1.54) is 11.8 Å². The Morgan fingerprint density at radius 1 is 1.21 bits per heavy atom. The highest BCUT2D eigenvalue weighted by Crippen LogP contribution is 2.21. The molecule has 0 heterocycles. The summed E-state index contributed by atoms with van der Waals surface area (Å²) in [5.41, 5.74) is 4.43. The fourth-order valence-corrected chi connectivity index (χ4v) is 2.05. The third-order valence-corrected chi connectivity index (χ3v) is 3.73. The highest BCUT2D eigenvalue weighted by Gasteiger charge is 2.04. The number of amides is 1. The minimum absolute atomic E-state index is 0.102. The Labute approximate surface area is 142 Å². The lowest BCUT2D eigenvalue weighted by molar-refractivity contribution is -0.123. The first-order chi connectivity index (χ1) is 11.6. The second-order valence-corrected chi connectivity index (χ2v) is 5.55. The topological polar surface area (TPSA) is 70.9 Å². The number of hydrogen-bond donors (Lipinski definition) is 2. The van der Waals surface area contributed by atoms with Gasteiger partial charge in [-0.3, -0.25) is 4.79 Å². The molecule has 0 aromatic heterocycles. The van der Waals surface area contributed by atoms with E-state index < -0.39 is 0 Å². The molecule has 24 heavy (non-hydrogen) atoms. The van der Waals surface area contributed by atoms with E-state index in [0.717, 1.165) is 12.0 Å². The van der Waals surface area contributed by atoms with Crippen molar-refractivity contribution in [1.82, 2.24) is 5.43 Å². The van der Waals surface area contributed by atoms with E-state index in [4.69, 9.17) is 4.74 Å². The summed E-state index contributed by atoms with van der Waals surface area (Å²) in [5.74, 6) is 1.01. The molecule has 2 rings (SSSR count). The van der Waals surface area contributed by atoms with E-state index in [0.29, 0.717) is 11.7 Å². The number of nitrogens with zero attached hydrogens (tertiary/aromatic N) is 1. The third kappa shape index (κ3) is 5.43. The van der Waals surface area contributed by atoms with Gasteiger partial charge in [0.05, 0.1) is 6.21 Å². The molecule has 0 aliphatic carbocycles. The number of carbonyl (C=O) groups excluding carboxylic acids is 1. The number of rotatable bonds is 7. The van der Waals surface area contributed by atoms with Crippen LogP contribution in [-0.4, -0.2) is 23.8 Å². The molecule has 0 saturated carbocycles. The Morgan fingerprint density at radius 3 is 2.50 bits per heavy atom. The normalized spacial score (nSPS) is 12.1. The maximum absolute atomic E-state index is 11.7. The first-order valence-corrected chi connectivity index (χ1v) is 7.92. The standard InChI is InChI=1S/C19H22N2O3/c1-3-14(2)16-6-10-18(11-7-16)24-13-19(23)21-20-12-15-4-8-17(22)9-5-15/h4-12,14,22H,3,13H2,1-2H3,(H,21,23). The van der Waals surface area contributed by atoms with Crippen molar-refractivity contribution in [1.29, 1.82) is 0 Å².